The molecule has 2 aromatic heterocycles. The van der Waals surface area contributed by atoms with E-state index < -0.39 is 6.10 Å². The summed E-state index contributed by atoms with van der Waals surface area (Å²) < 4.78 is 5.84. The first-order valence-electron chi connectivity index (χ1n) is 9.30. The Balaban J connectivity index is 1.26. The van der Waals surface area contributed by atoms with Gasteiger partial charge >= 0.3 is 0 Å². The molecule has 1 fully saturated rings. The van der Waals surface area contributed by atoms with Crippen LogP contribution in [0.4, 0.5) is 5.82 Å². The molecule has 28 heavy (non-hydrogen) atoms. The van der Waals surface area contributed by atoms with Gasteiger partial charge < -0.3 is 15.0 Å². The molecule has 1 amide bonds. The highest BCUT2D eigenvalue weighted by Crippen LogP contribution is 2.39. The zero-order valence-electron chi connectivity index (χ0n) is 15.1. The number of rotatable bonds is 5. The molecule has 1 atom stereocenters. The molecule has 8 nitrogen and oxygen atoms in total. The predicted octanol–water partition coefficient (Wildman–Crippen LogP) is 2.44. The zero-order chi connectivity index (χ0) is 19.1. The minimum Gasteiger partial charge on any atom is -0.476 e. The highest BCUT2D eigenvalue weighted by Gasteiger charge is 2.30. The quantitative estimate of drug-likeness (QED) is 0.632. The summed E-state index contributed by atoms with van der Waals surface area (Å²) in [5, 5.41) is 9.93. The van der Waals surface area contributed by atoms with E-state index in [1.54, 1.807) is 6.20 Å². The van der Waals surface area contributed by atoms with Crippen LogP contribution in [0.1, 0.15) is 47.4 Å². The number of fused-ring (bicyclic) bond motifs is 1. The number of carbonyl (C=O) groups excluding carboxylic acids is 2. The van der Waals surface area contributed by atoms with E-state index >= 15 is 0 Å². The van der Waals surface area contributed by atoms with E-state index in [9.17, 15) is 9.59 Å². The van der Waals surface area contributed by atoms with Crippen molar-refractivity contribution < 1.29 is 14.3 Å². The van der Waals surface area contributed by atoms with Gasteiger partial charge in [0.25, 0.3) is 0 Å². The minimum atomic E-state index is -0.663. The maximum absolute atomic E-state index is 12.4. The molecule has 0 spiro atoms. The van der Waals surface area contributed by atoms with Crippen molar-refractivity contribution in [2.75, 3.05) is 5.32 Å². The second kappa shape index (κ2) is 6.63. The minimum absolute atomic E-state index is 0.0394. The standard InChI is InChI=1S/C20H19N5O3/c26-16-7-13-5-11(1-4-17(13)28-20(16)15-9-21-10-22-15)6-19(27)23-18-8-14(24-25-18)12-2-3-12/h1,4-5,8-10,12,20H,2-3,6-7H2,(H,21,22)(H2,23,24,25,27). The summed E-state index contributed by atoms with van der Waals surface area (Å²) in [5.74, 6) is 1.58. The summed E-state index contributed by atoms with van der Waals surface area (Å²) in [6, 6.07) is 7.41. The van der Waals surface area contributed by atoms with Crippen molar-refractivity contribution in [3.05, 3.63) is 59.3 Å². The lowest BCUT2D eigenvalue weighted by Crippen LogP contribution is -2.26. The Morgan fingerprint density at radius 2 is 2.14 bits per heavy atom. The van der Waals surface area contributed by atoms with E-state index in [1.807, 2.05) is 24.3 Å². The lowest BCUT2D eigenvalue weighted by molar-refractivity contribution is -0.126. The smallest absolute Gasteiger partial charge is 0.229 e. The number of Topliss-reactive ketones (excluding diaryl/α,β-unsaturated/α-hetero) is 1. The third kappa shape index (κ3) is 3.28. The van der Waals surface area contributed by atoms with Gasteiger partial charge in [-0.15, -0.1) is 0 Å². The molecule has 3 N–H and O–H groups in total. The molecule has 0 saturated heterocycles. The van der Waals surface area contributed by atoms with Crippen molar-refractivity contribution in [2.24, 2.45) is 0 Å². The Morgan fingerprint density at radius 1 is 1.25 bits per heavy atom. The normalized spacial score (nSPS) is 18.4. The number of hydrogen-bond donors (Lipinski definition) is 3. The van der Waals surface area contributed by atoms with Crippen molar-refractivity contribution in [3.8, 4) is 5.75 Å². The van der Waals surface area contributed by atoms with E-state index in [2.05, 4.69) is 25.5 Å². The summed E-state index contributed by atoms with van der Waals surface area (Å²) in [6.07, 6.45) is 5.27. The highest BCUT2D eigenvalue weighted by atomic mass is 16.5. The van der Waals surface area contributed by atoms with Gasteiger partial charge in [-0.05, 0) is 24.5 Å². The summed E-state index contributed by atoms with van der Waals surface area (Å²) >= 11 is 0. The number of imidazole rings is 1. The Morgan fingerprint density at radius 3 is 2.93 bits per heavy atom. The van der Waals surface area contributed by atoms with Crippen LogP contribution >= 0.6 is 0 Å². The fourth-order valence-corrected chi connectivity index (χ4v) is 3.49. The van der Waals surface area contributed by atoms with Gasteiger partial charge in [0.2, 0.25) is 5.91 Å². The molecule has 3 aromatic rings. The summed E-state index contributed by atoms with van der Waals surface area (Å²) in [5.41, 5.74) is 3.34. The van der Waals surface area contributed by atoms with Crippen molar-refractivity contribution in [1.82, 2.24) is 20.2 Å². The van der Waals surface area contributed by atoms with Gasteiger partial charge in [-0.1, -0.05) is 12.1 Å². The SMILES string of the molecule is O=C(Cc1ccc2c(c1)CC(=O)C(c1cnc[nH]1)O2)Nc1cc(C2CC2)[nH]n1. The van der Waals surface area contributed by atoms with Gasteiger partial charge in [0.05, 0.1) is 24.6 Å². The van der Waals surface area contributed by atoms with E-state index in [0.29, 0.717) is 23.2 Å². The third-order valence-electron chi connectivity index (χ3n) is 5.08. The number of amides is 1. The second-order valence-corrected chi connectivity index (χ2v) is 7.30. The molecule has 8 heteroatoms. The number of nitrogens with zero attached hydrogens (tertiary/aromatic N) is 2. The van der Waals surface area contributed by atoms with Crippen molar-refractivity contribution in [3.63, 3.8) is 0 Å². The molecule has 142 valence electrons. The molecule has 2 aliphatic rings. The topological polar surface area (TPSA) is 113 Å². The van der Waals surface area contributed by atoms with Crippen LogP contribution in [0.5, 0.6) is 5.75 Å². The summed E-state index contributed by atoms with van der Waals surface area (Å²) in [7, 11) is 0. The number of hydrogen-bond acceptors (Lipinski definition) is 5. The predicted molar refractivity (Wildman–Crippen MR) is 100 cm³/mol. The summed E-state index contributed by atoms with van der Waals surface area (Å²) in [6.45, 7) is 0. The Bertz CT molecular complexity index is 1040. The third-order valence-corrected chi connectivity index (χ3v) is 5.08. The molecule has 3 heterocycles. The number of aromatic amines is 2. The fraction of sp³-hybridized carbons (Fsp3) is 0.300. The van der Waals surface area contributed by atoms with Gasteiger partial charge in [-0.25, -0.2) is 4.98 Å². The monoisotopic (exact) mass is 377 g/mol. The Kier molecular flexibility index (Phi) is 3.96. The molecule has 1 unspecified atom stereocenters. The van der Waals surface area contributed by atoms with Crippen LogP contribution in [0.25, 0.3) is 0 Å². The first-order valence-corrected chi connectivity index (χ1v) is 9.30. The Hall–Kier alpha value is -3.42. The van der Waals surface area contributed by atoms with E-state index in [4.69, 9.17) is 4.74 Å². The van der Waals surface area contributed by atoms with Crippen LogP contribution in [0, 0.1) is 0 Å². The molecule has 0 bridgehead atoms. The van der Waals surface area contributed by atoms with Crippen LogP contribution in [0.3, 0.4) is 0 Å². The molecule has 1 aromatic carbocycles. The number of carbonyl (C=O) groups is 2. The number of benzene rings is 1. The molecular weight excluding hydrogens is 358 g/mol. The van der Waals surface area contributed by atoms with Crippen molar-refractivity contribution in [1.29, 1.82) is 0 Å². The van der Waals surface area contributed by atoms with E-state index in [-0.39, 0.29) is 24.5 Å². The Labute approximate surface area is 160 Å². The first kappa shape index (κ1) is 16.7. The van der Waals surface area contributed by atoms with E-state index in [0.717, 1.165) is 16.8 Å². The maximum Gasteiger partial charge on any atom is 0.229 e. The number of ether oxygens (including phenoxy) is 1. The van der Waals surface area contributed by atoms with Gasteiger partial charge in [-0.2, -0.15) is 5.10 Å². The number of anilines is 1. The number of ketones is 1. The van der Waals surface area contributed by atoms with Gasteiger partial charge in [0.1, 0.15) is 5.75 Å². The van der Waals surface area contributed by atoms with Crippen molar-refractivity contribution in [2.45, 2.75) is 37.7 Å². The average molecular weight is 377 g/mol. The molecular formula is C20H19N5O3. The highest BCUT2D eigenvalue weighted by molar-refractivity contribution is 5.92. The van der Waals surface area contributed by atoms with E-state index in [1.165, 1.54) is 19.2 Å². The van der Waals surface area contributed by atoms with Gasteiger partial charge in [0.15, 0.2) is 17.7 Å². The lowest BCUT2D eigenvalue weighted by atomic mass is 9.97. The molecule has 0 radical (unpaired) electrons. The van der Waals surface area contributed by atoms with Crippen molar-refractivity contribution >= 4 is 17.5 Å². The maximum atomic E-state index is 12.4. The molecule has 5 rings (SSSR count). The number of nitrogens with one attached hydrogen (secondary N) is 3. The van der Waals surface area contributed by atoms with Gasteiger partial charge in [0, 0.05) is 29.7 Å². The molecule has 1 saturated carbocycles. The number of H-pyrrole nitrogens is 2. The van der Waals surface area contributed by atoms with Crippen LogP contribution in [0.15, 0.2) is 36.8 Å². The molecule has 1 aliphatic heterocycles. The fourth-order valence-electron chi connectivity index (χ4n) is 3.49. The van der Waals surface area contributed by atoms with Crippen LogP contribution in [-0.2, 0) is 22.4 Å². The lowest BCUT2D eigenvalue weighted by Gasteiger charge is -2.24. The van der Waals surface area contributed by atoms with Gasteiger partial charge in [-0.3, -0.25) is 14.7 Å². The largest absolute Gasteiger partial charge is 0.476 e. The second-order valence-electron chi connectivity index (χ2n) is 7.30. The van der Waals surface area contributed by atoms with Crippen LogP contribution < -0.4 is 10.1 Å². The van der Waals surface area contributed by atoms with Crippen LogP contribution in [-0.4, -0.2) is 31.9 Å². The first-order chi connectivity index (χ1) is 13.7. The average Bonchev–Trinajstić information content (AvgIpc) is 3.18. The van der Waals surface area contributed by atoms with Crippen LogP contribution in [0.2, 0.25) is 0 Å². The molecule has 1 aliphatic carbocycles. The summed E-state index contributed by atoms with van der Waals surface area (Å²) in [4.78, 5) is 31.6. The number of aromatic nitrogens is 4. The zero-order valence-corrected chi connectivity index (χ0v) is 15.1.